The molecule has 3 rings (SSSR count). The Morgan fingerprint density at radius 3 is 2.45 bits per heavy atom. The number of para-hydroxylation sites is 1. The monoisotopic (exact) mass is 395 g/mol. The largest absolute Gasteiger partial charge is 0.493 e. The highest BCUT2D eigenvalue weighted by Crippen LogP contribution is 2.38. The van der Waals surface area contributed by atoms with Crippen LogP contribution < -0.4 is 19.6 Å². The molecule has 0 fully saturated rings. The van der Waals surface area contributed by atoms with E-state index in [4.69, 9.17) is 14.2 Å². The van der Waals surface area contributed by atoms with Gasteiger partial charge in [0.05, 0.1) is 27.0 Å². The van der Waals surface area contributed by atoms with E-state index in [0.717, 1.165) is 17.3 Å². The summed E-state index contributed by atoms with van der Waals surface area (Å²) < 4.78 is 18.4. The summed E-state index contributed by atoms with van der Waals surface area (Å²) in [5.74, 6) is 1.34. The van der Waals surface area contributed by atoms with Gasteiger partial charge in [-0.3, -0.25) is 4.79 Å². The second-order valence-electron chi connectivity index (χ2n) is 6.45. The molecule has 0 radical (unpaired) electrons. The number of carbonyl (C=O) groups excluding carboxylic acids is 1. The molecule has 0 aliphatic heterocycles. The first-order valence-corrected chi connectivity index (χ1v) is 9.35. The Balaban J connectivity index is 1.78. The second kappa shape index (κ2) is 9.14. The van der Waals surface area contributed by atoms with Gasteiger partial charge in [0.15, 0.2) is 11.5 Å². The van der Waals surface area contributed by atoms with Gasteiger partial charge in [-0.05, 0) is 30.7 Å². The Hall–Kier alpha value is -3.48. The van der Waals surface area contributed by atoms with Gasteiger partial charge in [0.2, 0.25) is 5.75 Å². The van der Waals surface area contributed by atoms with Gasteiger partial charge in [0, 0.05) is 23.5 Å². The SMILES string of the molecule is CCCOc1c(OC)cc(/C=N/NC(=O)c2cc3ccccc3n2C)cc1OC. The standard InChI is InChI=1S/C22H25N3O4/c1-5-10-29-21-19(27-3)11-15(12-20(21)28-4)14-23-24-22(26)18-13-16-8-6-7-9-17(16)25(18)2/h6-9,11-14H,5,10H2,1-4H3,(H,24,26)/b23-14+. The lowest BCUT2D eigenvalue weighted by molar-refractivity contribution is 0.0947. The number of aryl methyl sites for hydroxylation is 1. The van der Waals surface area contributed by atoms with Gasteiger partial charge >= 0.3 is 0 Å². The molecule has 7 heteroatoms. The second-order valence-corrected chi connectivity index (χ2v) is 6.45. The fourth-order valence-corrected chi connectivity index (χ4v) is 3.05. The molecule has 0 atom stereocenters. The smallest absolute Gasteiger partial charge is 0.287 e. The molecule has 1 amide bonds. The van der Waals surface area contributed by atoms with Crippen LogP contribution in [0, 0.1) is 0 Å². The molecule has 0 saturated carbocycles. The summed E-state index contributed by atoms with van der Waals surface area (Å²) >= 11 is 0. The van der Waals surface area contributed by atoms with Gasteiger partial charge in [-0.25, -0.2) is 5.43 Å². The molecule has 1 heterocycles. The van der Waals surface area contributed by atoms with Crippen LogP contribution in [0.1, 0.15) is 29.4 Å². The zero-order chi connectivity index (χ0) is 20.8. The minimum Gasteiger partial charge on any atom is -0.493 e. The van der Waals surface area contributed by atoms with Crippen LogP contribution in [0.5, 0.6) is 17.2 Å². The number of fused-ring (bicyclic) bond motifs is 1. The van der Waals surface area contributed by atoms with Crippen LogP contribution in [0.15, 0.2) is 47.6 Å². The number of hydrazone groups is 1. The number of hydrogen-bond donors (Lipinski definition) is 1. The average Bonchev–Trinajstić information content (AvgIpc) is 3.08. The lowest BCUT2D eigenvalue weighted by Crippen LogP contribution is -2.20. The third-order valence-electron chi connectivity index (χ3n) is 4.50. The first-order valence-electron chi connectivity index (χ1n) is 9.35. The molecule has 0 saturated heterocycles. The number of nitrogens with zero attached hydrogens (tertiary/aromatic N) is 2. The summed E-state index contributed by atoms with van der Waals surface area (Å²) in [4.78, 5) is 12.5. The summed E-state index contributed by atoms with van der Waals surface area (Å²) in [7, 11) is 4.98. The van der Waals surface area contributed by atoms with E-state index in [1.807, 2.05) is 48.9 Å². The minimum absolute atomic E-state index is 0.290. The van der Waals surface area contributed by atoms with Crippen LogP contribution in [0.4, 0.5) is 0 Å². The Morgan fingerprint density at radius 2 is 1.83 bits per heavy atom. The normalized spacial score (nSPS) is 11.0. The Morgan fingerprint density at radius 1 is 1.14 bits per heavy atom. The van der Waals surface area contributed by atoms with Crippen LogP contribution >= 0.6 is 0 Å². The van der Waals surface area contributed by atoms with Crippen molar-refractivity contribution in [1.82, 2.24) is 9.99 Å². The average molecular weight is 395 g/mol. The number of nitrogens with one attached hydrogen (secondary N) is 1. The van der Waals surface area contributed by atoms with E-state index >= 15 is 0 Å². The van der Waals surface area contributed by atoms with E-state index < -0.39 is 0 Å². The van der Waals surface area contributed by atoms with E-state index in [1.165, 1.54) is 6.21 Å². The van der Waals surface area contributed by atoms with E-state index in [-0.39, 0.29) is 5.91 Å². The van der Waals surface area contributed by atoms with E-state index in [0.29, 0.717) is 35.1 Å². The third kappa shape index (κ3) is 4.34. The minimum atomic E-state index is -0.290. The molecule has 7 nitrogen and oxygen atoms in total. The molecule has 0 spiro atoms. The van der Waals surface area contributed by atoms with Gasteiger partial charge in [-0.15, -0.1) is 0 Å². The topological polar surface area (TPSA) is 74.1 Å². The molecule has 3 aromatic rings. The molecule has 1 N–H and O–H groups in total. The Labute approximate surface area is 169 Å². The van der Waals surface area contributed by atoms with Crippen LogP contribution in [-0.2, 0) is 7.05 Å². The van der Waals surface area contributed by atoms with Gasteiger partial charge in [-0.2, -0.15) is 5.10 Å². The highest BCUT2D eigenvalue weighted by atomic mass is 16.5. The molecular weight excluding hydrogens is 370 g/mol. The van der Waals surface area contributed by atoms with Crippen molar-refractivity contribution in [3.63, 3.8) is 0 Å². The number of methoxy groups -OCH3 is 2. The van der Waals surface area contributed by atoms with E-state index in [2.05, 4.69) is 10.5 Å². The number of benzene rings is 2. The van der Waals surface area contributed by atoms with Crippen LogP contribution in [0.3, 0.4) is 0 Å². The molecule has 152 valence electrons. The molecule has 0 unspecified atom stereocenters. The third-order valence-corrected chi connectivity index (χ3v) is 4.50. The maximum Gasteiger partial charge on any atom is 0.287 e. The van der Waals surface area contributed by atoms with Crippen molar-refractivity contribution in [3.05, 3.63) is 53.7 Å². The molecule has 1 aromatic heterocycles. The Kier molecular flexibility index (Phi) is 6.39. The lowest BCUT2D eigenvalue weighted by atomic mass is 10.2. The fourth-order valence-electron chi connectivity index (χ4n) is 3.05. The van der Waals surface area contributed by atoms with E-state index in [9.17, 15) is 4.79 Å². The summed E-state index contributed by atoms with van der Waals surface area (Å²) in [6.45, 7) is 2.58. The fraction of sp³-hybridized carbons (Fsp3) is 0.273. The molecular formula is C22H25N3O4. The van der Waals surface area contributed by atoms with Crippen molar-refractivity contribution in [2.24, 2.45) is 12.1 Å². The summed E-state index contributed by atoms with van der Waals surface area (Å²) in [5, 5.41) is 5.08. The molecule has 0 aliphatic rings. The van der Waals surface area contributed by atoms with Gasteiger partial charge in [0.1, 0.15) is 5.69 Å². The Bertz CT molecular complexity index is 1010. The van der Waals surface area contributed by atoms with Gasteiger partial charge < -0.3 is 18.8 Å². The number of rotatable bonds is 8. The van der Waals surface area contributed by atoms with Crippen molar-refractivity contribution in [1.29, 1.82) is 0 Å². The van der Waals surface area contributed by atoms with Crippen molar-refractivity contribution < 1.29 is 19.0 Å². The van der Waals surface area contributed by atoms with E-state index in [1.54, 1.807) is 26.4 Å². The zero-order valence-electron chi connectivity index (χ0n) is 17.1. The number of aromatic nitrogens is 1. The van der Waals surface area contributed by atoms with Crippen LogP contribution in [0.2, 0.25) is 0 Å². The van der Waals surface area contributed by atoms with Crippen LogP contribution in [0.25, 0.3) is 10.9 Å². The maximum absolute atomic E-state index is 12.5. The van der Waals surface area contributed by atoms with Crippen molar-refractivity contribution in [3.8, 4) is 17.2 Å². The van der Waals surface area contributed by atoms with Crippen molar-refractivity contribution in [2.45, 2.75) is 13.3 Å². The first-order chi connectivity index (χ1) is 14.1. The highest BCUT2D eigenvalue weighted by Gasteiger charge is 2.14. The lowest BCUT2D eigenvalue weighted by Gasteiger charge is -2.14. The van der Waals surface area contributed by atoms with Crippen LogP contribution in [-0.4, -0.2) is 37.5 Å². The zero-order valence-corrected chi connectivity index (χ0v) is 17.1. The maximum atomic E-state index is 12.5. The van der Waals surface area contributed by atoms with Gasteiger partial charge in [0.25, 0.3) is 5.91 Å². The number of ether oxygens (including phenoxy) is 3. The molecule has 0 aliphatic carbocycles. The quantitative estimate of drug-likeness (QED) is 0.466. The summed E-state index contributed by atoms with van der Waals surface area (Å²) in [6.07, 6.45) is 2.41. The summed E-state index contributed by atoms with van der Waals surface area (Å²) in [5.41, 5.74) is 4.79. The predicted octanol–water partition coefficient (Wildman–Crippen LogP) is 3.75. The number of amides is 1. The highest BCUT2D eigenvalue weighted by molar-refractivity contribution is 5.99. The summed E-state index contributed by atoms with van der Waals surface area (Å²) in [6, 6.07) is 13.2. The first kappa shape index (κ1) is 20.3. The molecule has 2 aromatic carbocycles. The van der Waals surface area contributed by atoms with Crippen molar-refractivity contribution in [2.75, 3.05) is 20.8 Å². The molecule has 29 heavy (non-hydrogen) atoms. The number of carbonyl (C=O) groups is 1. The van der Waals surface area contributed by atoms with Crippen molar-refractivity contribution >= 4 is 23.0 Å². The molecule has 0 bridgehead atoms. The van der Waals surface area contributed by atoms with Gasteiger partial charge in [-0.1, -0.05) is 25.1 Å². The predicted molar refractivity (Wildman–Crippen MR) is 113 cm³/mol. The number of hydrogen-bond acceptors (Lipinski definition) is 5.